The highest BCUT2D eigenvalue weighted by Crippen LogP contribution is 2.27. The highest BCUT2D eigenvalue weighted by atomic mass is 32.2. The number of nitrogens with zero attached hydrogens (tertiary/aromatic N) is 4. The molecule has 2 N–H and O–H groups in total. The molecule has 0 saturated carbocycles. The van der Waals surface area contributed by atoms with E-state index in [1.54, 1.807) is 13.8 Å². The van der Waals surface area contributed by atoms with Gasteiger partial charge < -0.3 is 19.9 Å². The molecule has 0 atom stereocenters. The van der Waals surface area contributed by atoms with E-state index >= 15 is 0 Å². The number of amides is 1. The summed E-state index contributed by atoms with van der Waals surface area (Å²) in [5.74, 6) is -0.211. The zero-order chi connectivity index (χ0) is 25.0. The summed E-state index contributed by atoms with van der Waals surface area (Å²) in [6, 6.07) is 8.73. The molecule has 0 unspecified atom stereocenters. The Hall–Kier alpha value is -2.95. The maximum Gasteiger partial charge on any atom is 0.243 e. The average Bonchev–Trinajstić information content (AvgIpc) is 3.15. The third kappa shape index (κ3) is 5.94. The van der Waals surface area contributed by atoms with Crippen LogP contribution in [0.25, 0.3) is 11.0 Å². The molecule has 2 aromatic carbocycles. The van der Waals surface area contributed by atoms with Crippen LogP contribution in [0.3, 0.4) is 0 Å². The number of imidazole rings is 1. The first-order valence-corrected chi connectivity index (χ1v) is 12.5. The molecular formula is C24H33N5O4S. The van der Waals surface area contributed by atoms with Crippen LogP contribution in [0.1, 0.15) is 23.1 Å². The van der Waals surface area contributed by atoms with Gasteiger partial charge in [0.2, 0.25) is 15.9 Å². The lowest BCUT2D eigenvalue weighted by Gasteiger charge is -2.20. The van der Waals surface area contributed by atoms with Crippen molar-refractivity contribution in [1.82, 2.24) is 24.1 Å². The predicted octanol–water partition coefficient (Wildman–Crippen LogP) is 2.25. The Morgan fingerprint density at radius 3 is 2.41 bits per heavy atom. The number of phenols is 1. The van der Waals surface area contributed by atoms with Crippen LogP contribution in [0.4, 0.5) is 0 Å². The van der Waals surface area contributed by atoms with E-state index in [1.165, 1.54) is 23.5 Å². The second-order valence-electron chi connectivity index (χ2n) is 8.83. The van der Waals surface area contributed by atoms with Gasteiger partial charge in [-0.2, -0.15) is 0 Å². The lowest BCUT2D eigenvalue weighted by Crippen LogP contribution is -2.33. The minimum absolute atomic E-state index is 0.0231. The molecule has 0 bridgehead atoms. The molecule has 3 rings (SSSR count). The molecule has 0 radical (unpaired) electrons. The Bertz CT molecular complexity index is 1260. The lowest BCUT2D eigenvalue weighted by molar-refractivity contribution is -0.121. The van der Waals surface area contributed by atoms with Gasteiger partial charge in [-0.1, -0.05) is 6.07 Å². The van der Waals surface area contributed by atoms with E-state index < -0.39 is 10.0 Å². The zero-order valence-corrected chi connectivity index (χ0v) is 21.2. The van der Waals surface area contributed by atoms with Crippen LogP contribution in [0.15, 0.2) is 41.6 Å². The Labute approximate surface area is 201 Å². The summed E-state index contributed by atoms with van der Waals surface area (Å²) in [5.41, 5.74) is 3.80. The van der Waals surface area contributed by atoms with Crippen LogP contribution < -0.4 is 5.32 Å². The van der Waals surface area contributed by atoms with E-state index in [4.69, 9.17) is 0 Å². The van der Waals surface area contributed by atoms with Gasteiger partial charge in [-0.25, -0.2) is 17.7 Å². The molecular weight excluding hydrogens is 454 g/mol. The summed E-state index contributed by atoms with van der Waals surface area (Å²) < 4.78 is 29.3. The minimum Gasteiger partial charge on any atom is -0.508 e. The fraction of sp³-hybridized carbons (Fsp3) is 0.417. The molecule has 34 heavy (non-hydrogen) atoms. The number of fused-ring (bicyclic) bond motifs is 1. The first-order chi connectivity index (χ1) is 16.0. The highest BCUT2D eigenvalue weighted by molar-refractivity contribution is 7.89. The van der Waals surface area contributed by atoms with E-state index in [0.29, 0.717) is 17.7 Å². The number of aryl methyl sites for hydroxylation is 2. The van der Waals surface area contributed by atoms with Gasteiger partial charge in [0.15, 0.2) is 0 Å². The molecule has 1 heterocycles. The quantitative estimate of drug-likeness (QED) is 0.454. The number of likely N-dealkylation sites (N-methyl/N-ethyl adjacent to an activating group) is 1. The van der Waals surface area contributed by atoms with E-state index in [2.05, 4.69) is 19.8 Å². The number of aromatic nitrogens is 2. The Kier molecular flexibility index (Phi) is 7.96. The topological polar surface area (TPSA) is 108 Å². The van der Waals surface area contributed by atoms with Gasteiger partial charge in [-0.3, -0.25) is 4.79 Å². The van der Waals surface area contributed by atoms with Crippen molar-refractivity contribution in [2.75, 3.05) is 34.2 Å². The average molecular weight is 488 g/mol. The smallest absolute Gasteiger partial charge is 0.243 e. The van der Waals surface area contributed by atoms with Crippen LogP contribution in [-0.2, 0) is 27.9 Å². The van der Waals surface area contributed by atoms with Crippen molar-refractivity contribution in [2.45, 2.75) is 38.3 Å². The number of carbonyl (C=O) groups is 1. The van der Waals surface area contributed by atoms with Crippen LogP contribution in [0, 0.1) is 13.8 Å². The van der Waals surface area contributed by atoms with E-state index in [0.717, 1.165) is 29.7 Å². The molecule has 10 heteroatoms. The third-order valence-corrected chi connectivity index (χ3v) is 7.89. The number of sulfonamides is 1. The molecule has 0 fully saturated rings. The molecule has 0 aliphatic rings. The Morgan fingerprint density at radius 2 is 1.76 bits per heavy atom. The lowest BCUT2D eigenvalue weighted by atomic mass is 10.1. The first-order valence-electron chi connectivity index (χ1n) is 11.1. The van der Waals surface area contributed by atoms with Gasteiger partial charge in [0.25, 0.3) is 0 Å². The van der Waals surface area contributed by atoms with Gasteiger partial charge in [0.05, 0.1) is 22.3 Å². The number of carbonyl (C=O) groups excluding carboxylic acids is 1. The van der Waals surface area contributed by atoms with Crippen molar-refractivity contribution >= 4 is 27.0 Å². The van der Waals surface area contributed by atoms with Crippen LogP contribution in [0.5, 0.6) is 5.75 Å². The van der Waals surface area contributed by atoms with Gasteiger partial charge in [-0.05, 0) is 68.9 Å². The first kappa shape index (κ1) is 25.7. The largest absolute Gasteiger partial charge is 0.508 e. The molecule has 1 amide bonds. The third-order valence-electron chi connectivity index (χ3n) is 5.73. The van der Waals surface area contributed by atoms with E-state index in [1.807, 2.05) is 38.6 Å². The summed E-state index contributed by atoms with van der Waals surface area (Å²) in [6.07, 6.45) is 1.86. The maximum absolute atomic E-state index is 13.0. The Balaban J connectivity index is 1.59. The number of aromatic hydroxyl groups is 1. The van der Waals surface area contributed by atoms with Crippen molar-refractivity contribution in [3.63, 3.8) is 0 Å². The number of benzene rings is 2. The predicted molar refractivity (Wildman–Crippen MR) is 132 cm³/mol. The molecule has 0 aliphatic heterocycles. The molecule has 0 saturated heterocycles. The van der Waals surface area contributed by atoms with Gasteiger partial charge in [0, 0.05) is 39.6 Å². The molecule has 0 spiro atoms. The van der Waals surface area contributed by atoms with Crippen molar-refractivity contribution in [1.29, 1.82) is 0 Å². The summed E-state index contributed by atoms with van der Waals surface area (Å²) in [4.78, 5) is 19.1. The minimum atomic E-state index is -3.79. The van der Waals surface area contributed by atoms with Gasteiger partial charge in [-0.15, -0.1) is 0 Å². The zero-order valence-electron chi connectivity index (χ0n) is 20.4. The molecule has 0 aliphatic carbocycles. The summed E-state index contributed by atoms with van der Waals surface area (Å²) in [6.45, 7) is 5.39. The van der Waals surface area contributed by atoms with Crippen molar-refractivity contribution in [2.24, 2.45) is 0 Å². The second kappa shape index (κ2) is 10.5. The maximum atomic E-state index is 13.0. The molecule has 1 aromatic heterocycles. The number of rotatable bonds is 10. The monoisotopic (exact) mass is 487 g/mol. The van der Waals surface area contributed by atoms with Crippen LogP contribution >= 0.6 is 0 Å². The normalized spacial score (nSPS) is 12.1. The van der Waals surface area contributed by atoms with E-state index in [-0.39, 0.29) is 29.5 Å². The number of nitrogens with one attached hydrogen (secondary N) is 1. The summed E-state index contributed by atoms with van der Waals surface area (Å²) in [5, 5.41) is 12.6. The fourth-order valence-electron chi connectivity index (χ4n) is 3.86. The van der Waals surface area contributed by atoms with Gasteiger partial charge in [0.1, 0.15) is 5.75 Å². The van der Waals surface area contributed by atoms with Gasteiger partial charge >= 0.3 is 0 Å². The number of phenolic OH excluding ortho intramolecular Hbond substituents is 1. The molecule has 9 nitrogen and oxygen atoms in total. The van der Waals surface area contributed by atoms with Crippen LogP contribution in [-0.4, -0.2) is 72.4 Å². The number of hydrogen-bond acceptors (Lipinski definition) is 6. The standard InChI is InChI=1S/C24H33N5O4S/c1-17-12-20(30)13-18(2)24(17)34(32,33)28(5)9-8-23(31)25-15-19-6-7-21-22(14-19)29(16-26-21)11-10-27(3)4/h6-7,12-14,16,30H,8-11,15H2,1-5H3,(H,25,31). The summed E-state index contributed by atoms with van der Waals surface area (Å²) in [7, 11) is 1.72. The van der Waals surface area contributed by atoms with Crippen molar-refractivity contribution in [3.8, 4) is 5.75 Å². The Morgan fingerprint density at radius 1 is 1.09 bits per heavy atom. The van der Waals surface area contributed by atoms with Crippen LogP contribution in [0.2, 0.25) is 0 Å². The van der Waals surface area contributed by atoms with Crippen molar-refractivity contribution in [3.05, 3.63) is 53.3 Å². The number of hydrogen-bond donors (Lipinski definition) is 2. The molecule has 184 valence electrons. The summed E-state index contributed by atoms with van der Waals surface area (Å²) >= 11 is 0. The highest BCUT2D eigenvalue weighted by Gasteiger charge is 2.25. The molecule has 3 aromatic rings. The second-order valence-corrected chi connectivity index (χ2v) is 10.8. The van der Waals surface area contributed by atoms with E-state index in [9.17, 15) is 18.3 Å². The SMILES string of the molecule is Cc1cc(O)cc(C)c1S(=O)(=O)N(C)CCC(=O)NCc1ccc2ncn(CCN(C)C)c2c1. The fourth-order valence-corrected chi connectivity index (χ4v) is 5.43. The van der Waals surface area contributed by atoms with Crippen molar-refractivity contribution < 1.29 is 18.3 Å².